The number of sulfonamides is 1. The van der Waals surface area contributed by atoms with Crippen molar-refractivity contribution >= 4 is 16.0 Å². The fourth-order valence-electron chi connectivity index (χ4n) is 1.97. The van der Waals surface area contributed by atoms with Gasteiger partial charge in [-0.15, -0.1) is 0 Å². The number of halogens is 1. The lowest BCUT2D eigenvalue weighted by atomic mass is 10.1. The highest BCUT2D eigenvalue weighted by molar-refractivity contribution is 7.89. The molecule has 0 aromatic heterocycles. The van der Waals surface area contributed by atoms with Crippen LogP contribution in [0.15, 0.2) is 23.1 Å². The van der Waals surface area contributed by atoms with Crippen LogP contribution in [0.2, 0.25) is 0 Å². The third-order valence-corrected chi connectivity index (χ3v) is 4.54. The van der Waals surface area contributed by atoms with Crippen LogP contribution in [0.3, 0.4) is 0 Å². The van der Waals surface area contributed by atoms with E-state index in [0.29, 0.717) is 0 Å². The van der Waals surface area contributed by atoms with Crippen molar-refractivity contribution in [1.82, 2.24) is 4.72 Å². The smallest absolute Gasteiger partial charge is 0.321 e. The van der Waals surface area contributed by atoms with E-state index in [9.17, 15) is 22.7 Å². The summed E-state index contributed by atoms with van der Waals surface area (Å²) in [6.45, 7) is 3.83. The van der Waals surface area contributed by atoms with E-state index < -0.39 is 32.7 Å². The van der Waals surface area contributed by atoms with E-state index in [4.69, 9.17) is 9.47 Å². The van der Waals surface area contributed by atoms with Crippen molar-refractivity contribution in [3.63, 3.8) is 0 Å². The molecule has 24 heavy (non-hydrogen) atoms. The summed E-state index contributed by atoms with van der Waals surface area (Å²) in [5.41, 5.74) is 0. The monoisotopic (exact) mass is 363 g/mol. The summed E-state index contributed by atoms with van der Waals surface area (Å²) in [6.07, 6.45) is 0.101. The molecule has 0 heterocycles. The Kier molecular flexibility index (Phi) is 7.59. The molecule has 0 saturated heterocycles. The van der Waals surface area contributed by atoms with Crippen molar-refractivity contribution in [3.05, 3.63) is 24.0 Å². The number of hydrogen-bond donors (Lipinski definition) is 2. The molecule has 1 aromatic carbocycles. The lowest BCUT2D eigenvalue weighted by Gasteiger charge is -2.18. The van der Waals surface area contributed by atoms with Crippen molar-refractivity contribution in [2.24, 2.45) is 5.92 Å². The van der Waals surface area contributed by atoms with Gasteiger partial charge in [0.25, 0.3) is 0 Å². The number of aliphatic carboxylic acids is 1. The zero-order chi connectivity index (χ0) is 18.3. The Labute approximate surface area is 140 Å². The van der Waals surface area contributed by atoms with Crippen LogP contribution >= 0.6 is 0 Å². The van der Waals surface area contributed by atoms with Crippen LogP contribution < -0.4 is 9.46 Å². The Bertz CT molecular complexity index is 662. The summed E-state index contributed by atoms with van der Waals surface area (Å²) in [5.74, 6) is -2.19. The first-order valence-electron chi connectivity index (χ1n) is 7.33. The van der Waals surface area contributed by atoms with Gasteiger partial charge in [0.05, 0.1) is 6.61 Å². The predicted molar refractivity (Wildman–Crippen MR) is 85.0 cm³/mol. The maximum Gasteiger partial charge on any atom is 0.321 e. The number of methoxy groups -OCH3 is 1. The van der Waals surface area contributed by atoms with Crippen LogP contribution in [0.1, 0.15) is 20.3 Å². The van der Waals surface area contributed by atoms with Crippen molar-refractivity contribution in [1.29, 1.82) is 0 Å². The number of carboxylic acids is 1. The van der Waals surface area contributed by atoms with Gasteiger partial charge in [0.2, 0.25) is 10.0 Å². The van der Waals surface area contributed by atoms with Gasteiger partial charge in [-0.25, -0.2) is 12.8 Å². The number of ether oxygens (including phenoxy) is 2. The standard InChI is InChI=1S/C15H22FNO6S/c1-10(2)8-12(15(18)19)17-24(20,21)14-9-11(16)4-5-13(14)23-7-6-22-3/h4-5,9-10,12,17H,6-8H2,1-3H3,(H,18,19)/t12-/m1/s1. The number of carbonyl (C=O) groups is 1. The summed E-state index contributed by atoms with van der Waals surface area (Å²) in [5, 5.41) is 9.18. The highest BCUT2D eigenvalue weighted by Crippen LogP contribution is 2.25. The van der Waals surface area contributed by atoms with Crippen molar-refractivity contribution in [2.75, 3.05) is 20.3 Å². The topological polar surface area (TPSA) is 102 Å². The Morgan fingerprint density at radius 1 is 1.33 bits per heavy atom. The van der Waals surface area contributed by atoms with E-state index in [1.807, 2.05) is 0 Å². The fraction of sp³-hybridized carbons (Fsp3) is 0.533. The van der Waals surface area contributed by atoms with Crippen molar-refractivity contribution < 1.29 is 32.2 Å². The third kappa shape index (κ3) is 6.06. The first-order valence-corrected chi connectivity index (χ1v) is 8.82. The summed E-state index contributed by atoms with van der Waals surface area (Å²) in [6, 6.07) is 1.71. The average molecular weight is 363 g/mol. The molecule has 0 spiro atoms. The first kappa shape index (κ1) is 20.3. The molecule has 0 fully saturated rings. The predicted octanol–water partition coefficient (Wildman–Crippen LogP) is 1.63. The molecule has 0 bridgehead atoms. The molecule has 136 valence electrons. The van der Waals surface area contributed by atoms with Crippen molar-refractivity contribution in [3.8, 4) is 5.75 Å². The number of nitrogens with one attached hydrogen (secondary N) is 1. The van der Waals surface area contributed by atoms with Gasteiger partial charge in [0, 0.05) is 7.11 Å². The van der Waals surface area contributed by atoms with Gasteiger partial charge in [-0.3, -0.25) is 4.79 Å². The summed E-state index contributed by atoms with van der Waals surface area (Å²) >= 11 is 0. The van der Waals surface area contributed by atoms with Crippen LogP contribution in [0.4, 0.5) is 4.39 Å². The van der Waals surface area contributed by atoms with Gasteiger partial charge in [0.15, 0.2) is 0 Å². The first-order chi connectivity index (χ1) is 11.2. The molecule has 7 nitrogen and oxygen atoms in total. The molecular weight excluding hydrogens is 341 g/mol. The van der Waals surface area contributed by atoms with Crippen molar-refractivity contribution in [2.45, 2.75) is 31.2 Å². The van der Waals surface area contributed by atoms with E-state index in [1.165, 1.54) is 13.2 Å². The molecule has 2 N–H and O–H groups in total. The van der Waals surface area contributed by atoms with Gasteiger partial charge < -0.3 is 14.6 Å². The Morgan fingerprint density at radius 3 is 2.54 bits per heavy atom. The second-order valence-corrected chi connectivity index (χ2v) is 7.26. The van der Waals surface area contributed by atoms with Crippen LogP contribution in [-0.4, -0.2) is 45.9 Å². The Balaban J connectivity index is 3.11. The quantitative estimate of drug-likeness (QED) is 0.613. The van der Waals surface area contributed by atoms with E-state index in [2.05, 4.69) is 4.72 Å². The molecule has 0 unspecified atom stereocenters. The number of benzene rings is 1. The van der Waals surface area contributed by atoms with Crippen LogP contribution in [0, 0.1) is 11.7 Å². The van der Waals surface area contributed by atoms with Crippen LogP contribution in [-0.2, 0) is 19.6 Å². The molecular formula is C15H22FNO6S. The molecule has 9 heteroatoms. The zero-order valence-corrected chi connectivity index (χ0v) is 14.6. The molecule has 0 aliphatic carbocycles. The normalized spacial score (nSPS) is 13.0. The lowest BCUT2D eigenvalue weighted by Crippen LogP contribution is -2.41. The molecule has 0 aliphatic heterocycles. The summed E-state index contributed by atoms with van der Waals surface area (Å²) < 4.78 is 50.6. The van der Waals surface area contributed by atoms with E-state index in [0.717, 1.165) is 12.1 Å². The number of carboxylic acid groups (broad SMARTS) is 1. The summed E-state index contributed by atoms with van der Waals surface area (Å²) in [7, 11) is -2.82. The second-order valence-electron chi connectivity index (χ2n) is 5.57. The molecule has 0 aliphatic rings. The molecule has 0 amide bonds. The van der Waals surface area contributed by atoms with Gasteiger partial charge >= 0.3 is 5.97 Å². The van der Waals surface area contributed by atoms with Gasteiger partial charge in [-0.2, -0.15) is 4.72 Å². The van der Waals surface area contributed by atoms with Gasteiger partial charge in [-0.05, 0) is 30.5 Å². The van der Waals surface area contributed by atoms with E-state index >= 15 is 0 Å². The molecule has 1 atom stereocenters. The largest absolute Gasteiger partial charge is 0.490 e. The highest BCUT2D eigenvalue weighted by atomic mass is 32.2. The lowest BCUT2D eigenvalue weighted by molar-refractivity contribution is -0.139. The molecule has 1 aromatic rings. The maximum atomic E-state index is 13.5. The van der Waals surface area contributed by atoms with Gasteiger partial charge in [0.1, 0.15) is 29.1 Å². The minimum atomic E-state index is -4.28. The molecule has 1 rings (SSSR count). The SMILES string of the molecule is COCCOc1ccc(F)cc1S(=O)(=O)N[C@H](CC(C)C)C(=O)O. The average Bonchev–Trinajstić information content (AvgIpc) is 2.47. The molecule has 0 radical (unpaired) electrons. The fourth-order valence-corrected chi connectivity index (χ4v) is 3.33. The van der Waals surface area contributed by atoms with E-state index in [-0.39, 0.29) is 31.3 Å². The number of hydrogen-bond acceptors (Lipinski definition) is 5. The Hall–Kier alpha value is -1.71. The minimum absolute atomic E-state index is 0.0428. The highest BCUT2D eigenvalue weighted by Gasteiger charge is 2.28. The van der Waals surface area contributed by atoms with Crippen LogP contribution in [0.25, 0.3) is 0 Å². The third-order valence-electron chi connectivity index (χ3n) is 3.04. The molecule has 0 saturated carbocycles. The Morgan fingerprint density at radius 2 is 2.00 bits per heavy atom. The van der Waals surface area contributed by atoms with Gasteiger partial charge in [-0.1, -0.05) is 13.8 Å². The second kappa shape index (κ2) is 8.95. The maximum absolute atomic E-state index is 13.5. The minimum Gasteiger partial charge on any atom is -0.490 e. The number of rotatable bonds is 10. The summed E-state index contributed by atoms with van der Waals surface area (Å²) in [4.78, 5) is 10.8. The zero-order valence-electron chi connectivity index (χ0n) is 13.8. The van der Waals surface area contributed by atoms with E-state index in [1.54, 1.807) is 13.8 Å². The van der Waals surface area contributed by atoms with Crippen LogP contribution in [0.5, 0.6) is 5.75 Å².